The molecular formula is C24H22ClN3O3S. The number of hydrogen-bond acceptors (Lipinski definition) is 3. The highest BCUT2D eigenvalue weighted by molar-refractivity contribution is 7.92. The number of aromatic amines is 1. The average Bonchev–Trinajstić information content (AvgIpc) is 3.18. The quantitative estimate of drug-likeness (QED) is 0.335. The van der Waals surface area contributed by atoms with E-state index in [0.29, 0.717) is 28.4 Å². The lowest BCUT2D eigenvalue weighted by molar-refractivity contribution is -0.116. The first-order chi connectivity index (χ1) is 15.3. The molecule has 0 atom stereocenters. The van der Waals surface area contributed by atoms with Crippen molar-refractivity contribution in [2.75, 3.05) is 10.0 Å². The normalized spacial score (nSPS) is 11.4. The number of fused-ring (bicyclic) bond motifs is 1. The topological polar surface area (TPSA) is 91.1 Å². The molecule has 1 heterocycles. The monoisotopic (exact) mass is 467 g/mol. The van der Waals surface area contributed by atoms with Crippen molar-refractivity contribution in [2.24, 2.45) is 0 Å². The smallest absolute Gasteiger partial charge is 0.262 e. The first-order valence-corrected chi connectivity index (χ1v) is 11.9. The molecule has 164 valence electrons. The highest BCUT2D eigenvalue weighted by Gasteiger charge is 2.19. The minimum atomic E-state index is -3.89. The minimum Gasteiger partial charge on any atom is -0.361 e. The third-order valence-corrected chi connectivity index (χ3v) is 7.01. The van der Waals surface area contributed by atoms with E-state index in [-0.39, 0.29) is 17.2 Å². The lowest BCUT2D eigenvalue weighted by atomic mass is 10.1. The van der Waals surface area contributed by atoms with Gasteiger partial charge in [-0.2, -0.15) is 0 Å². The van der Waals surface area contributed by atoms with Crippen LogP contribution in [0, 0.1) is 6.92 Å². The van der Waals surface area contributed by atoms with Gasteiger partial charge >= 0.3 is 0 Å². The van der Waals surface area contributed by atoms with Crippen molar-refractivity contribution in [1.29, 1.82) is 0 Å². The second-order valence-corrected chi connectivity index (χ2v) is 9.53. The van der Waals surface area contributed by atoms with Crippen molar-refractivity contribution in [3.8, 4) is 0 Å². The van der Waals surface area contributed by atoms with Gasteiger partial charge < -0.3 is 10.3 Å². The number of halogens is 1. The van der Waals surface area contributed by atoms with E-state index in [1.54, 1.807) is 43.3 Å². The second-order valence-electron chi connectivity index (χ2n) is 7.47. The summed E-state index contributed by atoms with van der Waals surface area (Å²) in [6, 6.07) is 19.3. The molecule has 0 aliphatic heterocycles. The number of aryl methyl sites for hydroxylation is 2. The number of rotatable bonds is 7. The van der Waals surface area contributed by atoms with Crippen molar-refractivity contribution in [3.05, 3.63) is 89.1 Å². The standard InChI is InChI=1S/C24H22ClN3O3S/c1-16-10-12-18(14-23(16)32(30,31)28-22-9-5-3-7-20(22)25)27-24(29)13-11-17-15-26-21-8-4-2-6-19(17)21/h2-10,12,14-15,26,28H,11,13H2,1H3,(H,27,29). The maximum absolute atomic E-state index is 12.9. The first-order valence-electron chi connectivity index (χ1n) is 10.1. The van der Waals surface area contributed by atoms with Crippen molar-refractivity contribution >= 4 is 49.8 Å². The molecule has 0 aliphatic rings. The van der Waals surface area contributed by atoms with Gasteiger partial charge in [0.1, 0.15) is 0 Å². The van der Waals surface area contributed by atoms with E-state index in [0.717, 1.165) is 16.5 Å². The number of benzene rings is 3. The summed E-state index contributed by atoms with van der Waals surface area (Å²) in [5.74, 6) is -0.193. The van der Waals surface area contributed by atoms with Gasteiger partial charge in [0.05, 0.1) is 15.6 Å². The molecule has 0 aliphatic carbocycles. The number of aromatic nitrogens is 1. The molecular weight excluding hydrogens is 446 g/mol. The van der Waals surface area contributed by atoms with E-state index in [9.17, 15) is 13.2 Å². The zero-order valence-electron chi connectivity index (χ0n) is 17.4. The molecule has 3 N–H and O–H groups in total. The number of para-hydroxylation sites is 2. The molecule has 32 heavy (non-hydrogen) atoms. The summed E-state index contributed by atoms with van der Waals surface area (Å²) in [5.41, 5.74) is 3.36. The first kappa shape index (κ1) is 21.9. The van der Waals surface area contributed by atoms with Gasteiger partial charge in [-0.3, -0.25) is 9.52 Å². The summed E-state index contributed by atoms with van der Waals surface area (Å²) < 4.78 is 28.4. The molecule has 1 aromatic heterocycles. The van der Waals surface area contributed by atoms with E-state index in [1.165, 1.54) is 6.07 Å². The van der Waals surface area contributed by atoms with Gasteiger partial charge in [-0.15, -0.1) is 0 Å². The van der Waals surface area contributed by atoms with Crippen LogP contribution in [0.4, 0.5) is 11.4 Å². The summed E-state index contributed by atoms with van der Waals surface area (Å²) >= 11 is 6.08. The summed E-state index contributed by atoms with van der Waals surface area (Å²) in [6.45, 7) is 1.70. The number of carbonyl (C=O) groups is 1. The highest BCUT2D eigenvalue weighted by atomic mass is 35.5. The van der Waals surface area contributed by atoms with Gasteiger partial charge in [0.2, 0.25) is 5.91 Å². The van der Waals surface area contributed by atoms with Gasteiger partial charge in [-0.25, -0.2) is 8.42 Å². The highest BCUT2D eigenvalue weighted by Crippen LogP contribution is 2.27. The predicted molar refractivity (Wildman–Crippen MR) is 129 cm³/mol. The van der Waals surface area contributed by atoms with Crippen molar-refractivity contribution < 1.29 is 13.2 Å². The van der Waals surface area contributed by atoms with Crippen LogP contribution >= 0.6 is 11.6 Å². The third-order valence-electron chi connectivity index (χ3n) is 5.18. The van der Waals surface area contributed by atoms with Gasteiger partial charge in [0.25, 0.3) is 10.0 Å². The Hall–Kier alpha value is -3.29. The average molecular weight is 468 g/mol. The molecule has 3 aromatic carbocycles. The van der Waals surface area contributed by atoms with Crippen LogP contribution in [0.2, 0.25) is 5.02 Å². The minimum absolute atomic E-state index is 0.0758. The zero-order valence-corrected chi connectivity index (χ0v) is 18.9. The lowest BCUT2D eigenvalue weighted by Crippen LogP contribution is -2.16. The fourth-order valence-corrected chi connectivity index (χ4v) is 5.11. The molecule has 0 radical (unpaired) electrons. The number of hydrogen-bond donors (Lipinski definition) is 3. The number of carbonyl (C=O) groups excluding carboxylic acids is 1. The summed E-state index contributed by atoms with van der Waals surface area (Å²) in [5, 5.41) is 4.19. The summed E-state index contributed by atoms with van der Waals surface area (Å²) in [4.78, 5) is 15.8. The number of H-pyrrole nitrogens is 1. The van der Waals surface area contributed by atoms with Crippen LogP contribution in [0.25, 0.3) is 10.9 Å². The molecule has 0 fully saturated rings. The van der Waals surface area contributed by atoms with Crippen LogP contribution in [-0.4, -0.2) is 19.3 Å². The zero-order chi connectivity index (χ0) is 22.7. The fourth-order valence-electron chi connectivity index (χ4n) is 3.52. The Balaban J connectivity index is 1.47. The van der Waals surface area contributed by atoms with Crippen LogP contribution in [0.3, 0.4) is 0 Å². The molecule has 0 unspecified atom stereocenters. The molecule has 0 saturated heterocycles. The summed E-state index contributed by atoms with van der Waals surface area (Å²) in [7, 11) is -3.89. The lowest BCUT2D eigenvalue weighted by Gasteiger charge is -2.13. The molecule has 0 saturated carbocycles. The Morgan fingerprint density at radius 3 is 2.59 bits per heavy atom. The van der Waals surface area contributed by atoms with Crippen molar-refractivity contribution in [1.82, 2.24) is 4.98 Å². The van der Waals surface area contributed by atoms with Gasteiger partial charge in [0, 0.05) is 29.2 Å². The van der Waals surface area contributed by atoms with Crippen LogP contribution < -0.4 is 10.0 Å². The van der Waals surface area contributed by atoms with Gasteiger partial charge in [0.15, 0.2) is 0 Å². The number of nitrogens with one attached hydrogen (secondary N) is 3. The maximum atomic E-state index is 12.9. The van der Waals surface area contributed by atoms with E-state index in [2.05, 4.69) is 15.0 Å². The molecule has 1 amide bonds. The third kappa shape index (κ3) is 4.79. The van der Waals surface area contributed by atoms with E-state index >= 15 is 0 Å². The fraction of sp³-hybridized carbons (Fsp3) is 0.125. The number of anilines is 2. The van der Waals surface area contributed by atoms with Crippen molar-refractivity contribution in [3.63, 3.8) is 0 Å². The largest absolute Gasteiger partial charge is 0.361 e. The van der Waals surface area contributed by atoms with Crippen LogP contribution in [0.15, 0.2) is 77.8 Å². The Bertz CT molecular complexity index is 1400. The van der Waals surface area contributed by atoms with Gasteiger partial charge in [-0.05, 0) is 54.8 Å². The van der Waals surface area contributed by atoms with E-state index in [4.69, 9.17) is 11.6 Å². The molecule has 4 rings (SSSR count). The molecule has 0 bridgehead atoms. The summed E-state index contributed by atoms with van der Waals surface area (Å²) in [6.07, 6.45) is 2.76. The SMILES string of the molecule is Cc1ccc(NC(=O)CCc2c[nH]c3ccccc23)cc1S(=O)(=O)Nc1ccccc1Cl. The molecule has 8 heteroatoms. The predicted octanol–water partition coefficient (Wildman–Crippen LogP) is 5.50. The Labute approximate surface area is 191 Å². The molecule has 4 aromatic rings. The van der Waals surface area contributed by atoms with Crippen LogP contribution in [-0.2, 0) is 21.2 Å². The Morgan fingerprint density at radius 1 is 1.03 bits per heavy atom. The van der Waals surface area contributed by atoms with E-state index < -0.39 is 10.0 Å². The molecule has 6 nitrogen and oxygen atoms in total. The second kappa shape index (κ2) is 9.06. The van der Waals surface area contributed by atoms with Crippen LogP contribution in [0.5, 0.6) is 0 Å². The van der Waals surface area contributed by atoms with E-state index in [1.807, 2.05) is 30.5 Å². The van der Waals surface area contributed by atoms with Crippen LogP contribution in [0.1, 0.15) is 17.5 Å². The van der Waals surface area contributed by atoms with Gasteiger partial charge in [-0.1, -0.05) is 48.0 Å². The molecule has 0 spiro atoms. The Morgan fingerprint density at radius 2 is 1.78 bits per heavy atom. The number of amides is 1. The number of sulfonamides is 1. The van der Waals surface area contributed by atoms with Crippen molar-refractivity contribution in [2.45, 2.75) is 24.7 Å². The maximum Gasteiger partial charge on any atom is 0.262 e. The Kier molecular flexibility index (Phi) is 6.21.